The van der Waals surface area contributed by atoms with Crippen LogP contribution in [0.15, 0.2) is 33.5 Å². The summed E-state index contributed by atoms with van der Waals surface area (Å²) in [5.74, 6) is -5.16. The SMILES string of the molecule is Cc1cc(CNCc2cc(N(C)C)c3c(c2O)C(O)=C2C(=O)[C@@]4(O)C(O)=C(C(N)=O)C(=O)C(N(C)C)[C@H]4C[C@H]2C3)oc1C. The van der Waals surface area contributed by atoms with Crippen molar-refractivity contribution in [3.05, 3.63) is 62.8 Å². The van der Waals surface area contributed by atoms with Crippen molar-refractivity contribution in [1.82, 2.24) is 10.2 Å². The smallest absolute Gasteiger partial charge is 0.255 e. The number of hydrogen-bond acceptors (Lipinski definition) is 11. The van der Waals surface area contributed by atoms with Crippen LogP contribution in [-0.4, -0.2) is 82.6 Å². The third kappa shape index (κ3) is 4.52. The van der Waals surface area contributed by atoms with Crippen LogP contribution in [0.5, 0.6) is 5.75 Å². The summed E-state index contributed by atoms with van der Waals surface area (Å²) in [6.45, 7) is 4.43. The maximum Gasteiger partial charge on any atom is 0.255 e. The summed E-state index contributed by atoms with van der Waals surface area (Å²) in [6.07, 6.45) is 0.249. The van der Waals surface area contributed by atoms with E-state index in [9.17, 15) is 34.8 Å². The Labute approximate surface area is 249 Å². The van der Waals surface area contributed by atoms with Gasteiger partial charge in [-0.3, -0.25) is 19.3 Å². The van der Waals surface area contributed by atoms with Gasteiger partial charge >= 0.3 is 0 Å². The summed E-state index contributed by atoms with van der Waals surface area (Å²) in [4.78, 5) is 42.9. The summed E-state index contributed by atoms with van der Waals surface area (Å²) in [7, 11) is 6.80. The van der Waals surface area contributed by atoms with Gasteiger partial charge in [0.1, 0.15) is 34.4 Å². The molecule has 5 rings (SSSR count). The fourth-order valence-electron chi connectivity index (χ4n) is 6.94. The van der Waals surface area contributed by atoms with Crippen LogP contribution in [0.25, 0.3) is 5.76 Å². The van der Waals surface area contributed by atoms with E-state index in [1.165, 1.54) is 4.90 Å². The first-order valence-electron chi connectivity index (χ1n) is 14.1. The molecule has 7 N–H and O–H groups in total. The highest BCUT2D eigenvalue weighted by molar-refractivity contribution is 6.24. The van der Waals surface area contributed by atoms with Gasteiger partial charge in [-0.1, -0.05) is 0 Å². The molecule has 1 aromatic heterocycles. The van der Waals surface area contributed by atoms with Gasteiger partial charge in [0.05, 0.1) is 18.2 Å². The number of nitrogens with one attached hydrogen (secondary N) is 1. The molecule has 1 heterocycles. The van der Waals surface area contributed by atoms with Crippen molar-refractivity contribution in [2.75, 3.05) is 33.1 Å². The quantitative estimate of drug-likeness (QED) is 0.255. The highest BCUT2D eigenvalue weighted by Gasteiger charge is 2.64. The molecule has 1 aromatic carbocycles. The number of aromatic hydroxyl groups is 1. The van der Waals surface area contributed by atoms with Crippen LogP contribution in [0.2, 0.25) is 0 Å². The lowest BCUT2D eigenvalue weighted by Crippen LogP contribution is -2.65. The Bertz CT molecular complexity index is 1600. The zero-order valence-electron chi connectivity index (χ0n) is 25.1. The van der Waals surface area contributed by atoms with E-state index < -0.39 is 58.0 Å². The number of anilines is 1. The molecule has 1 amide bonds. The van der Waals surface area contributed by atoms with E-state index in [-0.39, 0.29) is 36.3 Å². The molecule has 1 fully saturated rings. The zero-order valence-corrected chi connectivity index (χ0v) is 25.1. The van der Waals surface area contributed by atoms with Crippen molar-refractivity contribution in [3.63, 3.8) is 0 Å². The second kappa shape index (κ2) is 10.5. The Balaban J connectivity index is 1.61. The van der Waals surface area contributed by atoms with Crippen LogP contribution in [-0.2, 0) is 33.9 Å². The van der Waals surface area contributed by atoms with Crippen LogP contribution < -0.4 is 16.0 Å². The number of aliphatic hydroxyl groups is 3. The monoisotopic (exact) mass is 594 g/mol. The number of benzene rings is 1. The lowest BCUT2D eigenvalue weighted by molar-refractivity contribution is -0.153. The molecule has 4 atom stereocenters. The zero-order chi connectivity index (χ0) is 31.7. The molecule has 3 aliphatic rings. The number of rotatable bonds is 7. The molecule has 2 aromatic rings. The van der Waals surface area contributed by atoms with Gasteiger partial charge in [0, 0.05) is 43.4 Å². The summed E-state index contributed by atoms with van der Waals surface area (Å²) in [6, 6.07) is 2.62. The van der Waals surface area contributed by atoms with Gasteiger partial charge in [0.25, 0.3) is 5.91 Å². The number of amides is 1. The molecule has 0 bridgehead atoms. The number of ketones is 2. The molecule has 0 aliphatic heterocycles. The number of carbonyl (C=O) groups is 3. The maximum absolute atomic E-state index is 14.1. The first kappa shape index (κ1) is 30.3. The number of fused-ring (bicyclic) bond motifs is 3. The number of phenolic OH excluding ortho intramolecular Hbond substituents is 1. The van der Waals surface area contributed by atoms with Crippen molar-refractivity contribution in [1.29, 1.82) is 0 Å². The lowest BCUT2D eigenvalue weighted by atomic mass is 9.57. The molecule has 12 nitrogen and oxygen atoms in total. The van der Waals surface area contributed by atoms with Gasteiger partial charge in [-0.2, -0.15) is 0 Å². The third-order valence-electron chi connectivity index (χ3n) is 9.09. The third-order valence-corrected chi connectivity index (χ3v) is 9.09. The average Bonchev–Trinajstić information content (AvgIpc) is 3.23. The van der Waals surface area contributed by atoms with Crippen LogP contribution >= 0.6 is 0 Å². The molecule has 1 unspecified atom stereocenters. The predicted octanol–water partition coefficient (Wildman–Crippen LogP) is 1.53. The average molecular weight is 595 g/mol. The van der Waals surface area contributed by atoms with Crippen LogP contribution in [0.4, 0.5) is 5.69 Å². The van der Waals surface area contributed by atoms with Gasteiger partial charge in [-0.25, -0.2) is 0 Å². The van der Waals surface area contributed by atoms with E-state index in [1.807, 2.05) is 45.0 Å². The van der Waals surface area contributed by atoms with E-state index in [1.54, 1.807) is 14.1 Å². The highest BCUT2D eigenvalue weighted by atomic mass is 16.4. The Morgan fingerprint density at radius 3 is 2.35 bits per heavy atom. The number of Topliss-reactive ketones (excluding diaryl/α,β-unsaturated/α-hetero) is 2. The molecular weight excluding hydrogens is 556 g/mol. The van der Waals surface area contributed by atoms with Gasteiger partial charge < -0.3 is 40.8 Å². The topological polar surface area (TPSA) is 190 Å². The van der Waals surface area contributed by atoms with Crippen molar-refractivity contribution in [2.45, 2.75) is 51.4 Å². The normalized spacial score (nSPS) is 25.2. The van der Waals surface area contributed by atoms with Crippen LogP contribution in [0.3, 0.4) is 0 Å². The number of likely N-dealkylation sites (N-methyl/N-ethyl adjacent to an activating group) is 1. The summed E-state index contributed by atoms with van der Waals surface area (Å²) < 4.78 is 5.72. The molecule has 0 saturated heterocycles. The largest absolute Gasteiger partial charge is 0.508 e. The number of primary amides is 1. The van der Waals surface area contributed by atoms with Crippen molar-refractivity contribution >= 4 is 28.9 Å². The lowest BCUT2D eigenvalue weighted by Gasteiger charge is -2.50. The van der Waals surface area contributed by atoms with Gasteiger partial charge in [-0.05, 0) is 70.0 Å². The van der Waals surface area contributed by atoms with Gasteiger partial charge in [-0.15, -0.1) is 0 Å². The molecule has 230 valence electrons. The summed E-state index contributed by atoms with van der Waals surface area (Å²) in [5, 5.41) is 49.1. The van der Waals surface area contributed by atoms with Crippen molar-refractivity contribution in [3.8, 4) is 5.75 Å². The Morgan fingerprint density at radius 1 is 1.12 bits per heavy atom. The van der Waals surface area contributed by atoms with Gasteiger partial charge in [0.2, 0.25) is 5.78 Å². The van der Waals surface area contributed by atoms with Crippen molar-refractivity contribution < 1.29 is 39.2 Å². The minimum Gasteiger partial charge on any atom is -0.508 e. The summed E-state index contributed by atoms with van der Waals surface area (Å²) >= 11 is 0. The number of furan rings is 1. The first-order chi connectivity index (χ1) is 20.1. The van der Waals surface area contributed by atoms with E-state index >= 15 is 0 Å². The molecule has 0 spiro atoms. The first-order valence-corrected chi connectivity index (χ1v) is 14.1. The highest BCUT2D eigenvalue weighted by Crippen LogP contribution is 2.54. The molecule has 3 aliphatic carbocycles. The Hall–Kier alpha value is -4.13. The number of aryl methyl sites for hydroxylation is 2. The minimum atomic E-state index is -2.68. The minimum absolute atomic E-state index is 0.0324. The number of hydrogen-bond donors (Lipinski definition) is 6. The fraction of sp³-hybridized carbons (Fsp3) is 0.452. The van der Waals surface area contributed by atoms with Crippen LogP contribution in [0.1, 0.15) is 40.2 Å². The second-order valence-corrected chi connectivity index (χ2v) is 12.2. The number of aliphatic hydroxyl groups excluding tert-OH is 2. The Morgan fingerprint density at radius 2 is 1.79 bits per heavy atom. The molecule has 0 radical (unpaired) electrons. The van der Waals surface area contributed by atoms with Crippen LogP contribution in [0, 0.1) is 25.7 Å². The molecule has 43 heavy (non-hydrogen) atoms. The molecule has 1 saturated carbocycles. The standard InChI is InChI=1S/C31H38N4O8/c1-13-7-17(43-14(13)2)12-33-11-16-10-20(34(3)4)18-8-15-9-19-24(35(5)6)27(38)23(30(32)41)29(40)31(19,42)28(39)21(15)26(37)22(18)25(16)36/h7,10,15,19,24,33,36-37,40,42H,8-9,11-12H2,1-6H3,(H2,32,41)/t15-,19-,24?,31-/m1/s1. The van der Waals surface area contributed by atoms with E-state index in [2.05, 4.69) is 5.32 Å². The number of carbonyl (C=O) groups excluding carboxylic acids is 3. The molecule has 12 heteroatoms. The van der Waals surface area contributed by atoms with E-state index in [4.69, 9.17) is 10.2 Å². The van der Waals surface area contributed by atoms with E-state index in [0.29, 0.717) is 17.7 Å². The van der Waals surface area contributed by atoms with Crippen molar-refractivity contribution in [2.24, 2.45) is 17.6 Å². The second-order valence-electron chi connectivity index (χ2n) is 12.2. The molecular formula is C31H38N4O8. The number of nitrogens with zero attached hydrogens (tertiary/aromatic N) is 2. The van der Waals surface area contributed by atoms with E-state index in [0.717, 1.165) is 22.8 Å². The maximum atomic E-state index is 14.1. The van der Waals surface area contributed by atoms with Gasteiger partial charge in [0.15, 0.2) is 11.4 Å². The summed E-state index contributed by atoms with van der Waals surface area (Å²) in [5.41, 5.74) is 4.57. The Kier molecular flexibility index (Phi) is 7.44. The number of phenols is 1. The predicted molar refractivity (Wildman–Crippen MR) is 157 cm³/mol. The fourth-order valence-corrected chi connectivity index (χ4v) is 6.94. The number of nitrogens with two attached hydrogens (primary N) is 1.